The number of fused-ring (bicyclic) bond motifs is 1. The zero-order valence-electron chi connectivity index (χ0n) is 16.9. The third kappa shape index (κ3) is 3.03. The zero-order valence-corrected chi connectivity index (χ0v) is 16.9. The first kappa shape index (κ1) is 18.1. The van der Waals surface area contributed by atoms with Crippen molar-refractivity contribution in [1.82, 2.24) is 20.3 Å². The summed E-state index contributed by atoms with van der Waals surface area (Å²) < 4.78 is 0. The average Bonchev–Trinajstić information content (AvgIpc) is 3.11. The molecule has 1 aromatic carbocycles. The Morgan fingerprint density at radius 1 is 0.967 bits per heavy atom. The quantitative estimate of drug-likeness (QED) is 0.700. The summed E-state index contributed by atoms with van der Waals surface area (Å²) >= 11 is 0. The number of hydrogen-bond donors (Lipinski definition) is 1. The zero-order chi connectivity index (χ0) is 20.5. The Bertz CT molecular complexity index is 1150. The molecule has 0 fully saturated rings. The van der Waals surface area contributed by atoms with Crippen LogP contribution in [0.5, 0.6) is 0 Å². The van der Waals surface area contributed by atoms with Crippen LogP contribution in [0.25, 0.3) is 5.57 Å². The molecule has 0 spiro atoms. The lowest BCUT2D eigenvalue weighted by Gasteiger charge is -2.31. The first-order valence-electron chi connectivity index (χ1n) is 9.92. The van der Waals surface area contributed by atoms with Crippen LogP contribution < -0.4 is 15.1 Å². The van der Waals surface area contributed by atoms with Gasteiger partial charge in [0.05, 0.1) is 35.2 Å². The molecule has 2 aliphatic heterocycles. The van der Waals surface area contributed by atoms with Crippen molar-refractivity contribution in [2.24, 2.45) is 0 Å². The van der Waals surface area contributed by atoms with E-state index in [1.807, 2.05) is 43.1 Å². The van der Waals surface area contributed by atoms with E-state index in [1.165, 1.54) is 0 Å². The van der Waals surface area contributed by atoms with Crippen molar-refractivity contribution in [3.05, 3.63) is 103 Å². The summed E-state index contributed by atoms with van der Waals surface area (Å²) in [5, 5.41) is 3.42. The molecular formula is C24H22N6. The van der Waals surface area contributed by atoms with Crippen LogP contribution >= 0.6 is 0 Å². The van der Waals surface area contributed by atoms with Gasteiger partial charge in [0.1, 0.15) is 12.5 Å². The fraction of sp³-hybridized carbons (Fsp3) is 0.125. The molecule has 0 saturated heterocycles. The van der Waals surface area contributed by atoms with Crippen molar-refractivity contribution in [3.8, 4) is 0 Å². The van der Waals surface area contributed by atoms with E-state index in [2.05, 4.69) is 80.3 Å². The SMILES string of the molecule is C/C(=C1\C=C(c2ccncc2)C=CN1)N1c2ccccc2N(c2cncnc2)[C@@H]1C. The maximum absolute atomic E-state index is 4.22. The van der Waals surface area contributed by atoms with Crippen LogP contribution in [0.2, 0.25) is 0 Å². The molecule has 6 heteroatoms. The van der Waals surface area contributed by atoms with E-state index in [0.717, 1.165) is 39.6 Å². The highest BCUT2D eigenvalue weighted by molar-refractivity contribution is 5.85. The maximum atomic E-state index is 4.22. The van der Waals surface area contributed by atoms with Crippen molar-refractivity contribution in [2.45, 2.75) is 20.0 Å². The lowest BCUT2D eigenvalue weighted by Crippen LogP contribution is -2.38. The third-order valence-electron chi connectivity index (χ3n) is 5.54. The Morgan fingerprint density at radius 2 is 1.70 bits per heavy atom. The van der Waals surface area contributed by atoms with Gasteiger partial charge in [-0.25, -0.2) is 9.97 Å². The van der Waals surface area contributed by atoms with Gasteiger partial charge in [0.15, 0.2) is 0 Å². The third-order valence-corrected chi connectivity index (χ3v) is 5.54. The number of hydrogen-bond acceptors (Lipinski definition) is 6. The first-order chi connectivity index (χ1) is 14.7. The second kappa shape index (κ2) is 7.48. The van der Waals surface area contributed by atoms with Gasteiger partial charge in [0.25, 0.3) is 0 Å². The molecule has 0 bridgehead atoms. The Hall–Kier alpha value is -3.93. The highest BCUT2D eigenvalue weighted by Gasteiger charge is 2.35. The van der Waals surface area contributed by atoms with E-state index in [1.54, 1.807) is 6.33 Å². The van der Waals surface area contributed by atoms with Gasteiger partial charge in [-0.15, -0.1) is 0 Å². The first-order valence-corrected chi connectivity index (χ1v) is 9.92. The van der Waals surface area contributed by atoms with Gasteiger partial charge in [-0.2, -0.15) is 0 Å². The van der Waals surface area contributed by atoms with Crippen LogP contribution in [-0.2, 0) is 0 Å². The second-order valence-corrected chi connectivity index (χ2v) is 7.27. The molecule has 148 valence electrons. The van der Waals surface area contributed by atoms with Crippen LogP contribution in [0.15, 0.2) is 97.3 Å². The van der Waals surface area contributed by atoms with Crippen molar-refractivity contribution < 1.29 is 0 Å². The van der Waals surface area contributed by atoms with E-state index in [4.69, 9.17) is 0 Å². The normalized spacial score (nSPS) is 19.3. The predicted molar refractivity (Wildman–Crippen MR) is 120 cm³/mol. The maximum Gasteiger partial charge on any atom is 0.115 e. The Labute approximate surface area is 175 Å². The number of dihydropyridines is 1. The van der Waals surface area contributed by atoms with E-state index in [-0.39, 0.29) is 6.17 Å². The lowest BCUT2D eigenvalue weighted by molar-refractivity contribution is 0.723. The minimum Gasteiger partial charge on any atom is -0.360 e. The molecule has 0 saturated carbocycles. The van der Waals surface area contributed by atoms with Gasteiger partial charge < -0.3 is 15.1 Å². The number of nitrogens with zero attached hydrogens (tertiary/aromatic N) is 5. The van der Waals surface area contributed by atoms with Gasteiger partial charge in [-0.05, 0) is 61.4 Å². The Morgan fingerprint density at radius 3 is 2.47 bits per heavy atom. The Balaban J connectivity index is 1.58. The van der Waals surface area contributed by atoms with Gasteiger partial charge >= 0.3 is 0 Å². The second-order valence-electron chi connectivity index (χ2n) is 7.27. The number of para-hydroxylation sites is 2. The van der Waals surface area contributed by atoms with E-state index in [9.17, 15) is 0 Å². The van der Waals surface area contributed by atoms with Gasteiger partial charge in [0, 0.05) is 24.3 Å². The fourth-order valence-electron chi connectivity index (χ4n) is 4.15. The largest absolute Gasteiger partial charge is 0.360 e. The van der Waals surface area contributed by atoms with Crippen LogP contribution in [0.1, 0.15) is 19.4 Å². The minimum absolute atomic E-state index is 0.0754. The summed E-state index contributed by atoms with van der Waals surface area (Å²) in [6.07, 6.45) is 15.3. The van der Waals surface area contributed by atoms with E-state index in [0.29, 0.717) is 0 Å². The van der Waals surface area contributed by atoms with E-state index < -0.39 is 0 Å². The topological polar surface area (TPSA) is 57.2 Å². The summed E-state index contributed by atoms with van der Waals surface area (Å²) in [4.78, 5) is 17.2. The number of anilines is 3. The van der Waals surface area contributed by atoms with Crippen LogP contribution in [-0.4, -0.2) is 21.1 Å². The molecule has 2 aliphatic rings. The van der Waals surface area contributed by atoms with Crippen molar-refractivity contribution in [1.29, 1.82) is 0 Å². The van der Waals surface area contributed by atoms with Gasteiger partial charge in [-0.3, -0.25) is 4.98 Å². The number of rotatable bonds is 3. The van der Waals surface area contributed by atoms with Gasteiger partial charge in [0.2, 0.25) is 0 Å². The summed E-state index contributed by atoms with van der Waals surface area (Å²) in [5.74, 6) is 0. The van der Waals surface area contributed by atoms with Crippen molar-refractivity contribution in [3.63, 3.8) is 0 Å². The predicted octanol–water partition coefficient (Wildman–Crippen LogP) is 4.61. The van der Waals surface area contributed by atoms with Crippen LogP contribution in [0.3, 0.4) is 0 Å². The van der Waals surface area contributed by atoms with Crippen LogP contribution in [0.4, 0.5) is 17.1 Å². The molecule has 0 unspecified atom stereocenters. The van der Waals surface area contributed by atoms with Crippen molar-refractivity contribution in [2.75, 3.05) is 9.80 Å². The highest BCUT2D eigenvalue weighted by atomic mass is 15.4. The number of nitrogens with one attached hydrogen (secondary N) is 1. The molecule has 30 heavy (non-hydrogen) atoms. The molecule has 0 radical (unpaired) electrons. The van der Waals surface area contributed by atoms with Crippen molar-refractivity contribution >= 4 is 22.6 Å². The lowest BCUT2D eigenvalue weighted by atomic mass is 10.0. The molecule has 6 nitrogen and oxygen atoms in total. The molecule has 5 rings (SSSR count). The minimum atomic E-state index is 0.0754. The summed E-state index contributed by atoms with van der Waals surface area (Å²) in [6.45, 7) is 4.35. The fourth-order valence-corrected chi connectivity index (χ4v) is 4.15. The molecule has 4 heterocycles. The molecular weight excluding hydrogens is 372 g/mol. The summed E-state index contributed by atoms with van der Waals surface area (Å²) in [6, 6.07) is 12.5. The van der Waals surface area contributed by atoms with Crippen LogP contribution in [0, 0.1) is 0 Å². The molecule has 1 atom stereocenters. The number of pyridine rings is 1. The smallest absolute Gasteiger partial charge is 0.115 e. The summed E-state index contributed by atoms with van der Waals surface area (Å²) in [7, 11) is 0. The molecule has 0 aliphatic carbocycles. The molecule has 0 amide bonds. The van der Waals surface area contributed by atoms with E-state index >= 15 is 0 Å². The highest BCUT2D eigenvalue weighted by Crippen LogP contribution is 2.45. The monoisotopic (exact) mass is 394 g/mol. The molecule has 2 aromatic heterocycles. The number of aromatic nitrogens is 3. The average molecular weight is 394 g/mol. The molecule has 1 N–H and O–H groups in total. The number of benzene rings is 1. The summed E-state index contributed by atoms with van der Waals surface area (Å²) in [5.41, 5.74) is 7.79. The molecule has 3 aromatic rings. The number of allylic oxidation sites excluding steroid dienone is 4. The standard InChI is InChI=1S/C24H22N6/c1-17(22-13-20(9-12-28-22)19-7-10-25-11-8-19)29-18(2)30(21-14-26-16-27-15-21)24-6-4-3-5-23(24)29/h3-16,18,28H,1-2H3/b22-17-/t18-/m1/s1. The Kier molecular flexibility index (Phi) is 4.52. The van der Waals surface area contributed by atoms with Gasteiger partial charge in [-0.1, -0.05) is 12.1 Å².